The minimum Gasteiger partial charge on any atom is -0.349 e. The molecule has 1 aromatic heterocycles. The van der Waals surface area contributed by atoms with Gasteiger partial charge < -0.3 is 15.5 Å². The van der Waals surface area contributed by atoms with Crippen LogP contribution in [0.4, 0.5) is 11.6 Å². The van der Waals surface area contributed by atoms with Gasteiger partial charge in [-0.05, 0) is 31.0 Å². The number of aromatic nitrogens is 2. The van der Waals surface area contributed by atoms with Crippen LogP contribution in [-0.2, 0) is 4.79 Å². The first kappa shape index (κ1) is 18.6. The maximum atomic E-state index is 12.8. The van der Waals surface area contributed by atoms with Crippen LogP contribution in [0.1, 0.15) is 23.2 Å². The molecule has 7 nitrogen and oxygen atoms in total. The van der Waals surface area contributed by atoms with Gasteiger partial charge in [0.1, 0.15) is 0 Å². The molecule has 1 fully saturated rings. The third kappa shape index (κ3) is 4.69. The lowest BCUT2D eigenvalue weighted by Crippen LogP contribution is -2.41. The molecule has 3 rings (SSSR count). The normalized spacial score (nSPS) is 16.4. The number of carbonyl (C=O) groups is 2. The lowest BCUT2D eigenvalue weighted by atomic mass is 9.97. The van der Waals surface area contributed by atoms with Crippen LogP contribution < -0.4 is 15.5 Å². The Morgan fingerprint density at radius 1 is 1.22 bits per heavy atom. The maximum Gasteiger partial charge on any atom is 0.253 e. The van der Waals surface area contributed by atoms with Crippen molar-refractivity contribution in [1.29, 1.82) is 0 Å². The minimum atomic E-state index is -0.242. The molecule has 2 aromatic rings. The van der Waals surface area contributed by atoms with Crippen molar-refractivity contribution >= 4 is 23.5 Å². The Kier molecular flexibility index (Phi) is 6.14. The summed E-state index contributed by atoms with van der Waals surface area (Å²) in [6, 6.07) is 8.77. The van der Waals surface area contributed by atoms with Crippen molar-refractivity contribution in [1.82, 2.24) is 15.3 Å². The summed E-state index contributed by atoms with van der Waals surface area (Å²) in [6.07, 6.45) is 6.69. The van der Waals surface area contributed by atoms with E-state index in [2.05, 4.69) is 27.2 Å². The van der Waals surface area contributed by atoms with Crippen LogP contribution in [0.3, 0.4) is 0 Å². The van der Waals surface area contributed by atoms with Crippen molar-refractivity contribution < 1.29 is 9.59 Å². The summed E-state index contributed by atoms with van der Waals surface area (Å²) in [5.74, 6) is 0.111. The molecule has 27 heavy (non-hydrogen) atoms. The molecule has 0 spiro atoms. The Labute approximate surface area is 158 Å². The fourth-order valence-electron chi connectivity index (χ4n) is 3.11. The van der Waals surface area contributed by atoms with E-state index >= 15 is 0 Å². The van der Waals surface area contributed by atoms with Gasteiger partial charge in [0.25, 0.3) is 5.91 Å². The highest BCUT2D eigenvalue weighted by Crippen LogP contribution is 2.23. The SMILES string of the molecule is C=CCNC(=O)c1ccccc1NC(=O)C1CCCN(c2ncccn2)C1. The van der Waals surface area contributed by atoms with E-state index in [1.54, 1.807) is 48.8 Å². The Morgan fingerprint density at radius 3 is 2.78 bits per heavy atom. The number of carbonyl (C=O) groups excluding carboxylic acids is 2. The summed E-state index contributed by atoms with van der Waals surface area (Å²) in [5, 5.41) is 5.65. The lowest BCUT2D eigenvalue weighted by Gasteiger charge is -2.32. The van der Waals surface area contributed by atoms with Crippen molar-refractivity contribution in [3.8, 4) is 0 Å². The summed E-state index contributed by atoms with van der Waals surface area (Å²) < 4.78 is 0. The minimum absolute atomic E-state index is 0.0976. The van der Waals surface area contributed by atoms with Crippen molar-refractivity contribution in [3.05, 3.63) is 60.9 Å². The van der Waals surface area contributed by atoms with Crippen LogP contribution >= 0.6 is 0 Å². The van der Waals surface area contributed by atoms with Gasteiger partial charge >= 0.3 is 0 Å². The molecule has 7 heteroatoms. The van der Waals surface area contributed by atoms with Crippen molar-refractivity contribution in [2.45, 2.75) is 12.8 Å². The monoisotopic (exact) mass is 365 g/mol. The van der Waals surface area contributed by atoms with E-state index in [0.717, 1.165) is 19.4 Å². The first-order valence-corrected chi connectivity index (χ1v) is 9.00. The largest absolute Gasteiger partial charge is 0.349 e. The number of anilines is 2. The van der Waals surface area contributed by atoms with Crippen molar-refractivity contribution in [2.75, 3.05) is 29.9 Å². The highest BCUT2D eigenvalue weighted by atomic mass is 16.2. The number of benzene rings is 1. The van der Waals surface area contributed by atoms with Gasteiger partial charge in [-0.15, -0.1) is 6.58 Å². The fourth-order valence-corrected chi connectivity index (χ4v) is 3.11. The van der Waals surface area contributed by atoms with E-state index in [0.29, 0.717) is 30.3 Å². The Balaban J connectivity index is 1.68. The van der Waals surface area contributed by atoms with Crippen molar-refractivity contribution in [3.63, 3.8) is 0 Å². The van der Waals surface area contributed by atoms with Gasteiger partial charge in [-0.25, -0.2) is 9.97 Å². The highest BCUT2D eigenvalue weighted by molar-refractivity contribution is 6.04. The zero-order chi connectivity index (χ0) is 19.1. The smallest absolute Gasteiger partial charge is 0.253 e. The number of piperidine rings is 1. The van der Waals surface area contributed by atoms with Gasteiger partial charge in [0.05, 0.1) is 17.2 Å². The summed E-state index contributed by atoms with van der Waals surface area (Å²) in [6.45, 7) is 5.35. The van der Waals surface area contributed by atoms with Gasteiger partial charge in [0.2, 0.25) is 11.9 Å². The van der Waals surface area contributed by atoms with Gasteiger partial charge in [-0.1, -0.05) is 18.2 Å². The zero-order valence-electron chi connectivity index (χ0n) is 15.1. The summed E-state index contributed by atoms with van der Waals surface area (Å²) in [7, 11) is 0. The van der Waals surface area contributed by atoms with E-state index in [1.807, 2.05) is 4.90 Å². The van der Waals surface area contributed by atoms with E-state index in [4.69, 9.17) is 0 Å². The van der Waals surface area contributed by atoms with Gasteiger partial charge in [0.15, 0.2) is 0 Å². The molecule has 0 aliphatic carbocycles. The molecule has 1 atom stereocenters. The van der Waals surface area contributed by atoms with Crippen molar-refractivity contribution in [2.24, 2.45) is 5.92 Å². The highest BCUT2D eigenvalue weighted by Gasteiger charge is 2.27. The average Bonchev–Trinajstić information content (AvgIpc) is 2.73. The van der Waals surface area contributed by atoms with Gasteiger partial charge in [-0.3, -0.25) is 9.59 Å². The molecule has 140 valence electrons. The first-order valence-electron chi connectivity index (χ1n) is 9.00. The molecular weight excluding hydrogens is 342 g/mol. The van der Waals surface area contributed by atoms with Crippen LogP contribution in [0.5, 0.6) is 0 Å². The molecule has 1 aliphatic rings. The number of rotatable bonds is 6. The third-order valence-electron chi connectivity index (χ3n) is 4.46. The predicted molar refractivity (Wildman–Crippen MR) is 105 cm³/mol. The van der Waals surface area contributed by atoms with Crippen LogP contribution in [0.25, 0.3) is 0 Å². The standard InChI is InChI=1S/C20H23N5O2/c1-2-10-21-19(27)16-8-3-4-9-17(16)24-18(26)15-7-5-13-25(14-15)20-22-11-6-12-23-20/h2-4,6,8-9,11-12,15H,1,5,7,10,13-14H2,(H,21,27)(H,24,26). The molecule has 0 radical (unpaired) electrons. The van der Waals surface area contributed by atoms with Gasteiger partial charge in [0, 0.05) is 32.0 Å². The number of para-hydroxylation sites is 1. The number of hydrogen-bond donors (Lipinski definition) is 2. The number of amides is 2. The van der Waals surface area contributed by atoms with Gasteiger partial charge in [-0.2, -0.15) is 0 Å². The summed E-state index contributed by atoms with van der Waals surface area (Å²) in [4.78, 5) is 35.7. The molecule has 1 unspecified atom stereocenters. The molecular formula is C20H23N5O2. The molecule has 2 heterocycles. The predicted octanol–water partition coefficient (Wildman–Crippen LogP) is 2.25. The topological polar surface area (TPSA) is 87.2 Å². The summed E-state index contributed by atoms with van der Waals surface area (Å²) in [5.41, 5.74) is 0.948. The second-order valence-electron chi connectivity index (χ2n) is 6.37. The molecule has 1 saturated heterocycles. The number of hydrogen-bond acceptors (Lipinski definition) is 5. The van der Waals surface area contributed by atoms with E-state index < -0.39 is 0 Å². The molecule has 1 aromatic carbocycles. The van der Waals surface area contributed by atoms with E-state index in [-0.39, 0.29) is 17.7 Å². The Hall–Kier alpha value is -3.22. The molecule has 0 bridgehead atoms. The number of nitrogens with one attached hydrogen (secondary N) is 2. The first-order chi connectivity index (χ1) is 13.2. The summed E-state index contributed by atoms with van der Waals surface area (Å²) >= 11 is 0. The van der Waals surface area contributed by atoms with Crippen LogP contribution in [-0.4, -0.2) is 41.4 Å². The van der Waals surface area contributed by atoms with Crippen LogP contribution in [0, 0.1) is 5.92 Å². The second-order valence-corrected chi connectivity index (χ2v) is 6.37. The third-order valence-corrected chi connectivity index (χ3v) is 4.46. The second kappa shape index (κ2) is 8.93. The van der Waals surface area contributed by atoms with E-state index in [9.17, 15) is 9.59 Å². The van der Waals surface area contributed by atoms with Crippen LogP contribution in [0.15, 0.2) is 55.4 Å². The molecule has 2 amide bonds. The van der Waals surface area contributed by atoms with Crippen LogP contribution in [0.2, 0.25) is 0 Å². The molecule has 2 N–H and O–H groups in total. The lowest BCUT2D eigenvalue weighted by molar-refractivity contribution is -0.120. The molecule has 0 saturated carbocycles. The average molecular weight is 365 g/mol. The van der Waals surface area contributed by atoms with E-state index in [1.165, 1.54) is 0 Å². The maximum absolute atomic E-state index is 12.8. The Bertz CT molecular complexity index is 809. The fraction of sp³-hybridized carbons (Fsp3) is 0.300. The molecule has 1 aliphatic heterocycles. The quantitative estimate of drug-likeness (QED) is 0.767. The Morgan fingerprint density at radius 2 is 2.00 bits per heavy atom. The zero-order valence-corrected chi connectivity index (χ0v) is 15.1. The number of nitrogens with zero attached hydrogens (tertiary/aromatic N) is 3.